The van der Waals surface area contributed by atoms with Crippen molar-refractivity contribution in [2.24, 2.45) is 5.92 Å². The van der Waals surface area contributed by atoms with Crippen molar-refractivity contribution in [3.8, 4) is 0 Å². The van der Waals surface area contributed by atoms with Gasteiger partial charge in [0.05, 0.1) is 5.92 Å². The molecular formula is C18H21ClN4OS. The van der Waals surface area contributed by atoms with Crippen LogP contribution in [0.15, 0.2) is 47.6 Å². The Labute approximate surface area is 157 Å². The molecule has 1 atom stereocenters. The molecule has 1 aromatic carbocycles. The molecule has 0 saturated carbocycles. The fourth-order valence-corrected chi connectivity index (χ4v) is 3.74. The molecule has 3 rings (SSSR count). The highest BCUT2D eigenvalue weighted by Gasteiger charge is 2.26. The Morgan fingerprint density at radius 3 is 2.80 bits per heavy atom. The molecule has 1 saturated heterocycles. The highest BCUT2D eigenvalue weighted by atomic mass is 35.5. The summed E-state index contributed by atoms with van der Waals surface area (Å²) < 4.78 is 0. The predicted octanol–water partition coefficient (Wildman–Crippen LogP) is 3.25. The number of amides is 1. The number of halogens is 1. The highest BCUT2D eigenvalue weighted by Crippen LogP contribution is 2.21. The normalized spacial score (nSPS) is 17.3. The fraction of sp³-hybridized carbons (Fsp3) is 0.389. The van der Waals surface area contributed by atoms with Crippen LogP contribution >= 0.6 is 23.4 Å². The number of carbonyl (C=O) groups excluding carboxylic acids is 1. The largest absolute Gasteiger partial charge is 0.355 e. The summed E-state index contributed by atoms with van der Waals surface area (Å²) in [5, 5.41) is 3.79. The molecule has 0 aliphatic carbocycles. The van der Waals surface area contributed by atoms with Crippen LogP contribution in [0.5, 0.6) is 0 Å². The molecule has 2 heterocycles. The van der Waals surface area contributed by atoms with Crippen LogP contribution in [-0.2, 0) is 4.79 Å². The van der Waals surface area contributed by atoms with Crippen molar-refractivity contribution in [3.05, 3.63) is 47.7 Å². The molecule has 7 heteroatoms. The van der Waals surface area contributed by atoms with Gasteiger partial charge in [-0.1, -0.05) is 11.6 Å². The minimum Gasteiger partial charge on any atom is -0.355 e. The molecule has 1 aliphatic heterocycles. The third-order valence-corrected chi connectivity index (χ3v) is 5.38. The maximum Gasteiger partial charge on any atom is 0.225 e. The van der Waals surface area contributed by atoms with Crippen molar-refractivity contribution < 1.29 is 4.79 Å². The van der Waals surface area contributed by atoms with Crippen LogP contribution in [-0.4, -0.2) is 41.3 Å². The van der Waals surface area contributed by atoms with Crippen molar-refractivity contribution >= 4 is 35.2 Å². The Kier molecular flexibility index (Phi) is 6.53. The molecule has 132 valence electrons. The third-order valence-electron chi connectivity index (χ3n) is 4.11. The molecular weight excluding hydrogens is 356 g/mol. The van der Waals surface area contributed by atoms with Gasteiger partial charge in [-0.05, 0) is 43.2 Å². The number of nitrogens with one attached hydrogen (secondary N) is 1. The zero-order chi connectivity index (χ0) is 17.5. The second kappa shape index (κ2) is 9.06. The second-order valence-corrected chi connectivity index (χ2v) is 7.53. The van der Waals surface area contributed by atoms with E-state index in [9.17, 15) is 4.79 Å². The van der Waals surface area contributed by atoms with Gasteiger partial charge in [-0.15, -0.1) is 11.8 Å². The van der Waals surface area contributed by atoms with Gasteiger partial charge in [-0.3, -0.25) is 4.79 Å². The third kappa shape index (κ3) is 5.34. The van der Waals surface area contributed by atoms with Crippen LogP contribution in [0.1, 0.15) is 12.8 Å². The zero-order valence-corrected chi connectivity index (χ0v) is 15.5. The first-order valence-electron chi connectivity index (χ1n) is 8.40. The summed E-state index contributed by atoms with van der Waals surface area (Å²) in [7, 11) is 0. The average molecular weight is 377 g/mol. The van der Waals surface area contributed by atoms with E-state index in [1.54, 1.807) is 30.2 Å². The predicted molar refractivity (Wildman–Crippen MR) is 102 cm³/mol. The van der Waals surface area contributed by atoms with Crippen LogP contribution in [0.25, 0.3) is 0 Å². The van der Waals surface area contributed by atoms with Gasteiger partial charge in [-0.2, -0.15) is 0 Å². The average Bonchev–Trinajstić information content (AvgIpc) is 2.67. The number of nitrogens with zero attached hydrogens (tertiary/aromatic N) is 3. The number of anilines is 1. The molecule has 2 aromatic rings. The van der Waals surface area contributed by atoms with E-state index in [4.69, 9.17) is 11.6 Å². The van der Waals surface area contributed by atoms with Gasteiger partial charge in [0.25, 0.3) is 0 Å². The lowest BCUT2D eigenvalue weighted by molar-refractivity contribution is -0.125. The Bertz CT molecular complexity index is 683. The molecule has 1 N–H and O–H groups in total. The van der Waals surface area contributed by atoms with E-state index in [-0.39, 0.29) is 11.8 Å². The number of thioether (sulfide) groups is 1. The monoisotopic (exact) mass is 376 g/mol. The summed E-state index contributed by atoms with van der Waals surface area (Å²) in [6.45, 7) is 2.24. The Morgan fingerprint density at radius 1 is 1.28 bits per heavy atom. The zero-order valence-electron chi connectivity index (χ0n) is 13.9. The van der Waals surface area contributed by atoms with E-state index in [1.165, 1.54) is 0 Å². The van der Waals surface area contributed by atoms with E-state index in [0.29, 0.717) is 19.0 Å². The highest BCUT2D eigenvalue weighted by molar-refractivity contribution is 7.99. The van der Waals surface area contributed by atoms with Gasteiger partial charge in [0, 0.05) is 47.7 Å². The maximum absolute atomic E-state index is 12.4. The second-order valence-electron chi connectivity index (χ2n) is 5.93. The van der Waals surface area contributed by atoms with E-state index in [2.05, 4.69) is 20.2 Å². The standard InChI is InChI=1S/C18H21ClN4OS/c19-15-4-6-16(7-5-15)25-12-10-20-17(24)14-3-1-11-23(13-14)18-21-8-2-9-22-18/h2,4-9,14H,1,3,10-13H2,(H,20,24). The first-order chi connectivity index (χ1) is 12.2. The van der Waals surface area contributed by atoms with Gasteiger partial charge in [0.2, 0.25) is 11.9 Å². The Hall–Kier alpha value is -1.79. The lowest BCUT2D eigenvalue weighted by atomic mass is 9.97. The minimum absolute atomic E-state index is 0.00177. The number of benzene rings is 1. The van der Waals surface area contributed by atoms with E-state index >= 15 is 0 Å². The molecule has 1 fully saturated rings. The van der Waals surface area contributed by atoms with Crippen molar-refractivity contribution in [2.45, 2.75) is 17.7 Å². The lowest BCUT2D eigenvalue weighted by Crippen LogP contribution is -2.44. The summed E-state index contributed by atoms with van der Waals surface area (Å²) in [6.07, 6.45) is 5.37. The van der Waals surface area contributed by atoms with Crippen molar-refractivity contribution in [1.82, 2.24) is 15.3 Å². The van der Waals surface area contributed by atoms with Crippen LogP contribution in [0.3, 0.4) is 0 Å². The van der Waals surface area contributed by atoms with Crippen molar-refractivity contribution in [2.75, 3.05) is 30.3 Å². The van der Waals surface area contributed by atoms with Crippen molar-refractivity contribution in [1.29, 1.82) is 0 Å². The first kappa shape index (κ1) is 18.0. The molecule has 1 amide bonds. The molecule has 1 aromatic heterocycles. The number of piperidine rings is 1. The number of carbonyl (C=O) groups is 1. The fourth-order valence-electron chi connectivity index (χ4n) is 2.85. The van der Waals surface area contributed by atoms with Crippen LogP contribution < -0.4 is 10.2 Å². The first-order valence-corrected chi connectivity index (χ1v) is 9.77. The van der Waals surface area contributed by atoms with Crippen molar-refractivity contribution in [3.63, 3.8) is 0 Å². The SMILES string of the molecule is O=C(NCCSc1ccc(Cl)cc1)C1CCCN(c2ncccn2)C1. The van der Waals surface area contributed by atoms with Crippen LogP contribution in [0.4, 0.5) is 5.95 Å². The number of rotatable bonds is 6. The summed E-state index contributed by atoms with van der Waals surface area (Å²) in [5.41, 5.74) is 0. The topological polar surface area (TPSA) is 58.1 Å². The number of hydrogen-bond donors (Lipinski definition) is 1. The molecule has 25 heavy (non-hydrogen) atoms. The maximum atomic E-state index is 12.4. The van der Waals surface area contributed by atoms with Gasteiger partial charge in [0.15, 0.2) is 0 Å². The Morgan fingerprint density at radius 2 is 2.04 bits per heavy atom. The van der Waals surface area contributed by atoms with Gasteiger partial charge >= 0.3 is 0 Å². The molecule has 1 aliphatic rings. The van der Waals surface area contributed by atoms with E-state index < -0.39 is 0 Å². The van der Waals surface area contributed by atoms with Gasteiger partial charge in [0.1, 0.15) is 0 Å². The Balaban J connectivity index is 1.42. The van der Waals surface area contributed by atoms with E-state index in [0.717, 1.165) is 35.1 Å². The quantitative estimate of drug-likeness (QED) is 0.619. The number of aromatic nitrogens is 2. The minimum atomic E-state index is -0.00177. The molecule has 0 radical (unpaired) electrons. The van der Waals surface area contributed by atoms with Crippen LogP contribution in [0, 0.1) is 5.92 Å². The smallest absolute Gasteiger partial charge is 0.225 e. The summed E-state index contributed by atoms with van der Waals surface area (Å²) in [4.78, 5) is 24.2. The summed E-state index contributed by atoms with van der Waals surface area (Å²) >= 11 is 7.59. The molecule has 0 bridgehead atoms. The van der Waals surface area contributed by atoms with Crippen LogP contribution in [0.2, 0.25) is 5.02 Å². The summed E-state index contributed by atoms with van der Waals surface area (Å²) in [6, 6.07) is 9.55. The molecule has 5 nitrogen and oxygen atoms in total. The molecule has 0 spiro atoms. The lowest BCUT2D eigenvalue weighted by Gasteiger charge is -2.31. The summed E-state index contributed by atoms with van der Waals surface area (Å²) in [5.74, 6) is 1.67. The van der Waals surface area contributed by atoms with Gasteiger partial charge in [-0.25, -0.2) is 9.97 Å². The number of hydrogen-bond acceptors (Lipinski definition) is 5. The van der Waals surface area contributed by atoms with E-state index in [1.807, 2.05) is 24.3 Å². The van der Waals surface area contributed by atoms with Gasteiger partial charge < -0.3 is 10.2 Å². The molecule has 1 unspecified atom stereocenters.